The molecule has 1 aliphatic heterocycles. The van der Waals surface area contributed by atoms with Gasteiger partial charge >= 0.3 is 0 Å². The molecule has 1 saturated heterocycles. The first kappa shape index (κ1) is 12.4. The second kappa shape index (κ2) is 5.07. The summed E-state index contributed by atoms with van der Waals surface area (Å²) in [6.45, 7) is 2.92. The summed E-state index contributed by atoms with van der Waals surface area (Å²) < 4.78 is 0. The van der Waals surface area contributed by atoms with Crippen LogP contribution in [0.2, 0.25) is 5.02 Å². The standard InChI is InChI=1S/C13H16ClNO2/c1-9-2-3-10(6-12(9)14)4-5-13(17)15-7-11(16)8-15/h2-3,6,11,16H,4-5,7-8H2,1H3. The lowest BCUT2D eigenvalue weighted by Gasteiger charge is -2.35. The van der Waals surface area contributed by atoms with Crippen molar-refractivity contribution in [3.63, 3.8) is 0 Å². The normalized spacial score (nSPS) is 15.8. The average Bonchev–Trinajstić information content (AvgIpc) is 2.26. The summed E-state index contributed by atoms with van der Waals surface area (Å²) in [7, 11) is 0. The summed E-state index contributed by atoms with van der Waals surface area (Å²) in [6.07, 6.45) is 0.852. The Hall–Kier alpha value is -1.06. The molecule has 1 N–H and O–H groups in total. The number of halogens is 1. The fourth-order valence-electron chi connectivity index (χ4n) is 1.86. The lowest BCUT2D eigenvalue weighted by molar-refractivity contribution is -0.141. The minimum atomic E-state index is -0.326. The molecule has 0 aliphatic carbocycles. The first-order valence-corrected chi connectivity index (χ1v) is 6.15. The Kier molecular flexibility index (Phi) is 3.69. The number of likely N-dealkylation sites (tertiary alicyclic amines) is 1. The van der Waals surface area contributed by atoms with Crippen molar-refractivity contribution >= 4 is 17.5 Å². The third-order valence-electron chi connectivity index (χ3n) is 3.08. The van der Waals surface area contributed by atoms with Gasteiger partial charge in [-0.3, -0.25) is 4.79 Å². The highest BCUT2D eigenvalue weighted by Gasteiger charge is 2.27. The molecular formula is C13H16ClNO2. The Balaban J connectivity index is 1.85. The number of β-amino-alcohol motifs (C(OH)–C–C–N with tert-alkyl or cyclic N) is 1. The van der Waals surface area contributed by atoms with E-state index < -0.39 is 0 Å². The van der Waals surface area contributed by atoms with Crippen molar-refractivity contribution in [3.05, 3.63) is 34.3 Å². The van der Waals surface area contributed by atoms with Gasteiger partial charge in [0, 0.05) is 24.5 Å². The number of hydrogen-bond acceptors (Lipinski definition) is 2. The Morgan fingerprint density at radius 3 is 2.82 bits per heavy atom. The maximum Gasteiger partial charge on any atom is 0.223 e. The molecule has 1 fully saturated rings. The third-order valence-corrected chi connectivity index (χ3v) is 3.49. The van der Waals surface area contributed by atoms with Gasteiger partial charge in [0.1, 0.15) is 0 Å². The van der Waals surface area contributed by atoms with Gasteiger partial charge in [-0.25, -0.2) is 0 Å². The Bertz CT molecular complexity index is 427. The molecule has 92 valence electrons. The van der Waals surface area contributed by atoms with Gasteiger partial charge in [0.15, 0.2) is 0 Å². The van der Waals surface area contributed by atoms with Crippen LogP contribution >= 0.6 is 11.6 Å². The predicted octanol–water partition coefficient (Wildman–Crippen LogP) is 1.78. The van der Waals surface area contributed by atoms with Crippen LogP contribution in [0, 0.1) is 6.92 Å². The molecule has 1 aromatic rings. The number of hydrogen-bond donors (Lipinski definition) is 1. The Labute approximate surface area is 106 Å². The average molecular weight is 254 g/mol. The number of benzene rings is 1. The van der Waals surface area contributed by atoms with E-state index in [-0.39, 0.29) is 12.0 Å². The zero-order valence-electron chi connectivity index (χ0n) is 9.82. The van der Waals surface area contributed by atoms with E-state index in [4.69, 9.17) is 16.7 Å². The molecule has 4 heteroatoms. The largest absolute Gasteiger partial charge is 0.389 e. The van der Waals surface area contributed by atoms with Gasteiger partial charge in [0.2, 0.25) is 5.91 Å². The monoisotopic (exact) mass is 253 g/mol. The van der Waals surface area contributed by atoms with E-state index in [0.29, 0.717) is 25.9 Å². The van der Waals surface area contributed by atoms with Gasteiger partial charge in [0.25, 0.3) is 0 Å². The fourth-order valence-corrected chi connectivity index (χ4v) is 2.06. The van der Waals surface area contributed by atoms with Crippen LogP contribution in [0.25, 0.3) is 0 Å². The highest BCUT2D eigenvalue weighted by atomic mass is 35.5. The number of aryl methyl sites for hydroxylation is 2. The zero-order valence-corrected chi connectivity index (χ0v) is 10.6. The number of carbonyl (C=O) groups excluding carboxylic acids is 1. The molecule has 0 radical (unpaired) electrons. The van der Waals surface area contributed by atoms with E-state index in [0.717, 1.165) is 16.1 Å². The summed E-state index contributed by atoms with van der Waals surface area (Å²) in [4.78, 5) is 13.4. The maximum absolute atomic E-state index is 11.7. The van der Waals surface area contributed by atoms with Gasteiger partial charge in [-0.15, -0.1) is 0 Å². The summed E-state index contributed by atoms with van der Waals surface area (Å²) in [5, 5.41) is 9.85. The van der Waals surface area contributed by atoms with Crippen LogP contribution in [-0.4, -0.2) is 35.1 Å². The van der Waals surface area contributed by atoms with E-state index in [2.05, 4.69) is 0 Å². The van der Waals surface area contributed by atoms with Gasteiger partial charge < -0.3 is 10.0 Å². The van der Waals surface area contributed by atoms with E-state index >= 15 is 0 Å². The number of aliphatic hydroxyl groups excluding tert-OH is 1. The first-order valence-electron chi connectivity index (χ1n) is 5.77. The molecule has 0 saturated carbocycles. The summed E-state index contributed by atoms with van der Waals surface area (Å²) in [6, 6.07) is 5.88. The third kappa shape index (κ3) is 2.99. The van der Waals surface area contributed by atoms with Crippen molar-refractivity contribution in [1.29, 1.82) is 0 Å². The highest BCUT2D eigenvalue weighted by Crippen LogP contribution is 2.18. The van der Waals surface area contributed by atoms with Crippen molar-refractivity contribution in [2.24, 2.45) is 0 Å². The molecule has 0 spiro atoms. The molecule has 0 bridgehead atoms. The number of nitrogens with zero attached hydrogens (tertiary/aromatic N) is 1. The lowest BCUT2D eigenvalue weighted by atomic mass is 10.1. The van der Waals surface area contributed by atoms with Crippen LogP contribution in [-0.2, 0) is 11.2 Å². The van der Waals surface area contributed by atoms with Crippen LogP contribution in [0.3, 0.4) is 0 Å². The quantitative estimate of drug-likeness (QED) is 0.892. The fraction of sp³-hybridized carbons (Fsp3) is 0.462. The van der Waals surface area contributed by atoms with Gasteiger partial charge in [0.05, 0.1) is 6.10 Å². The van der Waals surface area contributed by atoms with Crippen molar-refractivity contribution in [2.75, 3.05) is 13.1 Å². The zero-order chi connectivity index (χ0) is 12.4. The summed E-state index contributed by atoms with van der Waals surface area (Å²) >= 11 is 6.02. The maximum atomic E-state index is 11.7. The second-order valence-electron chi connectivity index (χ2n) is 4.54. The Morgan fingerprint density at radius 1 is 1.53 bits per heavy atom. The topological polar surface area (TPSA) is 40.5 Å². The van der Waals surface area contributed by atoms with Crippen LogP contribution in [0.4, 0.5) is 0 Å². The minimum Gasteiger partial charge on any atom is -0.389 e. The number of amides is 1. The molecule has 1 aliphatic rings. The van der Waals surface area contributed by atoms with Crippen LogP contribution < -0.4 is 0 Å². The molecular weight excluding hydrogens is 238 g/mol. The van der Waals surface area contributed by atoms with Gasteiger partial charge in [-0.2, -0.15) is 0 Å². The molecule has 0 unspecified atom stereocenters. The second-order valence-corrected chi connectivity index (χ2v) is 4.94. The molecule has 0 aromatic heterocycles. The number of carbonyl (C=O) groups is 1. The molecule has 1 heterocycles. The molecule has 1 amide bonds. The Morgan fingerprint density at radius 2 is 2.24 bits per heavy atom. The smallest absolute Gasteiger partial charge is 0.223 e. The lowest BCUT2D eigenvalue weighted by Crippen LogP contribution is -2.53. The van der Waals surface area contributed by atoms with E-state index in [1.165, 1.54) is 0 Å². The van der Waals surface area contributed by atoms with Crippen molar-refractivity contribution in [3.8, 4) is 0 Å². The number of aliphatic hydroxyl groups is 1. The van der Waals surface area contributed by atoms with Crippen LogP contribution in [0.15, 0.2) is 18.2 Å². The molecule has 3 nitrogen and oxygen atoms in total. The van der Waals surface area contributed by atoms with Crippen molar-refractivity contribution in [1.82, 2.24) is 4.90 Å². The van der Waals surface area contributed by atoms with Crippen molar-refractivity contribution in [2.45, 2.75) is 25.9 Å². The van der Waals surface area contributed by atoms with E-state index in [1.54, 1.807) is 4.90 Å². The molecule has 2 rings (SSSR count). The van der Waals surface area contributed by atoms with Gasteiger partial charge in [-0.05, 0) is 30.5 Å². The van der Waals surface area contributed by atoms with Crippen molar-refractivity contribution < 1.29 is 9.90 Å². The predicted molar refractivity (Wildman–Crippen MR) is 67.1 cm³/mol. The minimum absolute atomic E-state index is 0.104. The van der Waals surface area contributed by atoms with Gasteiger partial charge in [-0.1, -0.05) is 23.7 Å². The molecule has 1 aromatic carbocycles. The first-order chi connectivity index (χ1) is 8.06. The molecule has 17 heavy (non-hydrogen) atoms. The van der Waals surface area contributed by atoms with E-state index in [1.807, 2.05) is 25.1 Å². The SMILES string of the molecule is Cc1ccc(CCC(=O)N2CC(O)C2)cc1Cl. The van der Waals surface area contributed by atoms with Crippen LogP contribution in [0.1, 0.15) is 17.5 Å². The highest BCUT2D eigenvalue weighted by molar-refractivity contribution is 6.31. The number of rotatable bonds is 3. The summed E-state index contributed by atoms with van der Waals surface area (Å²) in [5.74, 6) is 0.104. The van der Waals surface area contributed by atoms with E-state index in [9.17, 15) is 4.79 Å². The molecule has 0 atom stereocenters. The summed E-state index contributed by atoms with van der Waals surface area (Å²) in [5.41, 5.74) is 2.13. The van der Waals surface area contributed by atoms with Crippen LogP contribution in [0.5, 0.6) is 0 Å².